The van der Waals surface area contributed by atoms with Crippen molar-refractivity contribution in [2.75, 3.05) is 32.8 Å². The van der Waals surface area contributed by atoms with E-state index < -0.39 is 0 Å². The average Bonchev–Trinajstić information content (AvgIpc) is 3.33. The Morgan fingerprint density at radius 3 is 2.60 bits per heavy atom. The second-order valence-electron chi connectivity index (χ2n) is 8.19. The van der Waals surface area contributed by atoms with Gasteiger partial charge in [-0.2, -0.15) is 0 Å². The molecule has 2 aliphatic rings. The largest absolute Gasteiger partial charge is 0.492 e. The van der Waals surface area contributed by atoms with E-state index in [4.69, 9.17) is 4.74 Å². The second kappa shape index (κ2) is 9.74. The predicted molar refractivity (Wildman–Crippen MR) is 114 cm³/mol. The Kier molecular flexibility index (Phi) is 6.62. The summed E-state index contributed by atoms with van der Waals surface area (Å²) < 4.78 is 6.11. The summed E-state index contributed by atoms with van der Waals surface area (Å²) in [7, 11) is 0. The Morgan fingerprint density at radius 1 is 1.00 bits per heavy atom. The van der Waals surface area contributed by atoms with Gasteiger partial charge in [-0.3, -0.25) is 14.6 Å². The van der Waals surface area contributed by atoms with E-state index in [0.717, 1.165) is 50.9 Å². The van der Waals surface area contributed by atoms with E-state index in [-0.39, 0.29) is 17.7 Å². The summed E-state index contributed by atoms with van der Waals surface area (Å²) in [4.78, 5) is 33.4. The Hall–Kier alpha value is -2.89. The Labute approximate surface area is 177 Å². The molecule has 1 atom stereocenters. The first-order valence-corrected chi connectivity index (χ1v) is 10.9. The van der Waals surface area contributed by atoms with Crippen LogP contribution in [-0.4, -0.2) is 59.4 Å². The number of hydrogen-bond acceptors (Lipinski definition) is 4. The highest BCUT2D eigenvalue weighted by Gasteiger charge is 2.26. The number of carbonyl (C=O) groups is 2. The van der Waals surface area contributed by atoms with Crippen LogP contribution in [0.2, 0.25) is 0 Å². The Balaban J connectivity index is 1.34. The van der Waals surface area contributed by atoms with Crippen molar-refractivity contribution in [3.8, 4) is 5.75 Å². The molecular weight excluding hydrogens is 378 g/mol. The third-order valence-corrected chi connectivity index (χ3v) is 5.94. The van der Waals surface area contributed by atoms with E-state index in [1.54, 1.807) is 12.4 Å². The van der Waals surface area contributed by atoms with E-state index in [0.29, 0.717) is 30.9 Å². The molecule has 2 aromatic rings. The van der Waals surface area contributed by atoms with E-state index >= 15 is 0 Å². The number of benzene rings is 1. The highest BCUT2D eigenvalue weighted by molar-refractivity contribution is 5.97. The molecule has 30 heavy (non-hydrogen) atoms. The highest BCUT2D eigenvalue weighted by Crippen LogP contribution is 2.24. The molecule has 0 spiro atoms. The lowest BCUT2D eigenvalue weighted by Gasteiger charge is -2.33. The number of para-hydroxylation sites is 1. The molecule has 0 radical (unpaired) electrons. The van der Waals surface area contributed by atoms with Gasteiger partial charge in [0, 0.05) is 44.5 Å². The molecule has 2 amide bonds. The molecule has 6 heteroatoms. The Morgan fingerprint density at radius 2 is 1.80 bits per heavy atom. The predicted octanol–water partition coefficient (Wildman–Crippen LogP) is 3.18. The van der Waals surface area contributed by atoms with Gasteiger partial charge in [0.15, 0.2) is 0 Å². The number of ether oxygens (including phenoxy) is 1. The molecule has 158 valence electrons. The number of hydrogen-bond donors (Lipinski definition) is 0. The molecule has 3 heterocycles. The topological polar surface area (TPSA) is 62.7 Å². The minimum absolute atomic E-state index is 0.0556. The molecule has 0 aliphatic carbocycles. The second-order valence-corrected chi connectivity index (χ2v) is 8.19. The lowest BCUT2D eigenvalue weighted by molar-refractivity contribution is -0.132. The zero-order valence-corrected chi connectivity index (χ0v) is 17.3. The lowest BCUT2D eigenvalue weighted by atomic mass is 9.98. The molecule has 1 unspecified atom stereocenters. The van der Waals surface area contributed by atoms with Crippen molar-refractivity contribution in [3.05, 3.63) is 59.9 Å². The summed E-state index contributed by atoms with van der Waals surface area (Å²) in [5.41, 5.74) is 1.58. The fraction of sp³-hybridized carbons (Fsp3) is 0.458. The van der Waals surface area contributed by atoms with Crippen molar-refractivity contribution in [2.24, 2.45) is 5.92 Å². The smallest absolute Gasteiger partial charge is 0.257 e. The molecule has 2 aliphatic heterocycles. The molecule has 2 saturated heterocycles. The zero-order valence-electron chi connectivity index (χ0n) is 17.3. The highest BCUT2D eigenvalue weighted by atomic mass is 16.5. The zero-order chi connectivity index (χ0) is 20.8. The van der Waals surface area contributed by atoms with Crippen molar-refractivity contribution < 1.29 is 14.3 Å². The van der Waals surface area contributed by atoms with Crippen LogP contribution in [0, 0.1) is 5.92 Å². The van der Waals surface area contributed by atoms with Crippen LogP contribution in [0.25, 0.3) is 0 Å². The molecular formula is C24H29N3O3. The number of rotatable bonds is 6. The van der Waals surface area contributed by atoms with Gasteiger partial charge >= 0.3 is 0 Å². The summed E-state index contributed by atoms with van der Waals surface area (Å²) in [5.74, 6) is 1.11. The van der Waals surface area contributed by atoms with E-state index in [9.17, 15) is 9.59 Å². The van der Waals surface area contributed by atoms with Crippen LogP contribution >= 0.6 is 0 Å². The number of aromatic nitrogens is 1. The first kappa shape index (κ1) is 20.4. The van der Waals surface area contributed by atoms with Crippen molar-refractivity contribution in [2.45, 2.75) is 32.1 Å². The maximum atomic E-state index is 12.8. The van der Waals surface area contributed by atoms with Gasteiger partial charge in [0.25, 0.3) is 5.91 Å². The first-order valence-electron chi connectivity index (χ1n) is 10.9. The maximum Gasteiger partial charge on any atom is 0.257 e. The van der Waals surface area contributed by atoms with Crippen LogP contribution in [-0.2, 0) is 11.2 Å². The van der Waals surface area contributed by atoms with Gasteiger partial charge in [0.2, 0.25) is 5.91 Å². The molecule has 1 aromatic heterocycles. The SMILES string of the molecule is O=C(Cc1cccnc1)N1CCCC(COc2ccccc2C(=O)N2CCCC2)C1. The normalized spacial score (nSPS) is 19.0. The molecule has 0 saturated carbocycles. The molecule has 2 fully saturated rings. The number of carbonyl (C=O) groups excluding carboxylic acids is 2. The third-order valence-electron chi connectivity index (χ3n) is 5.94. The number of amides is 2. The van der Waals surface area contributed by atoms with Gasteiger partial charge in [-0.25, -0.2) is 0 Å². The molecule has 0 bridgehead atoms. The summed E-state index contributed by atoms with van der Waals surface area (Å²) >= 11 is 0. The fourth-order valence-corrected chi connectivity index (χ4v) is 4.28. The van der Waals surface area contributed by atoms with E-state index in [2.05, 4.69) is 4.98 Å². The number of piperidine rings is 1. The maximum absolute atomic E-state index is 12.8. The van der Waals surface area contributed by atoms with Crippen molar-refractivity contribution in [3.63, 3.8) is 0 Å². The summed E-state index contributed by atoms with van der Waals surface area (Å²) in [6.45, 7) is 3.65. The van der Waals surface area contributed by atoms with Crippen molar-refractivity contribution >= 4 is 11.8 Å². The van der Waals surface area contributed by atoms with Gasteiger partial charge in [-0.15, -0.1) is 0 Å². The van der Waals surface area contributed by atoms with Gasteiger partial charge in [0.05, 0.1) is 18.6 Å². The summed E-state index contributed by atoms with van der Waals surface area (Å²) in [6.07, 6.45) is 7.99. The van der Waals surface area contributed by atoms with Gasteiger partial charge in [0.1, 0.15) is 5.75 Å². The molecule has 6 nitrogen and oxygen atoms in total. The molecule has 1 aromatic carbocycles. The van der Waals surface area contributed by atoms with E-state index in [1.165, 1.54) is 0 Å². The van der Waals surface area contributed by atoms with Crippen LogP contribution in [0.15, 0.2) is 48.8 Å². The molecule has 4 rings (SSSR count). The number of nitrogens with zero attached hydrogens (tertiary/aromatic N) is 3. The lowest BCUT2D eigenvalue weighted by Crippen LogP contribution is -2.42. The van der Waals surface area contributed by atoms with Gasteiger partial charge in [-0.1, -0.05) is 18.2 Å². The average molecular weight is 408 g/mol. The van der Waals surface area contributed by atoms with Crippen LogP contribution in [0.4, 0.5) is 0 Å². The third kappa shape index (κ3) is 4.99. The van der Waals surface area contributed by atoms with Crippen molar-refractivity contribution in [1.29, 1.82) is 0 Å². The van der Waals surface area contributed by atoms with Crippen LogP contribution in [0.1, 0.15) is 41.6 Å². The standard InChI is InChI=1S/C24H29N3O3/c28-23(15-19-7-5-11-25-16-19)27-14-6-8-20(17-27)18-30-22-10-2-1-9-21(22)24(29)26-12-3-4-13-26/h1-2,5,7,9-11,16,20H,3-4,6,8,12-15,17-18H2. The van der Waals surface area contributed by atoms with Gasteiger partial charge < -0.3 is 14.5 Å². The molecule has 0 N–H and O–H groups in total. The first-order chi connectivity index (χ1) is 14.7. The Bertz CT molecular complexity index is 865. The van der Waals surface area contributed by atoms with Crippen LogP contribution in [0.3, 0.4) is 0 Å². The number of pyridine rings is 1. The van der Waals surface area contributed by atoms with Gasteiger partial charge in [-0.05, 0) is 49.4 Å². The fourth-order valence-electron chi connectivity index (χ4n) is 4.28. The monoisotopic (exact) mass is 407 g/mol. The quantitative estimate of drug-likeness (QED) is 0.738. The number of likely N-dealkylation sites (tertiary alicyclic amines) is 2. The summed E-state index contributed by atoms with van der Waals surface area (Å²) in [5, 5.41) is 0. The minimum atomic E-state index is 0.0556. The van der Waals surface area contributed by atoms with E-state index in [1.807, 2.05) is 46.2 Å². The summed E-state index contributed by atoms with van der Waals surface area (Å²) in [6, 6.07) is 11.3. The van der Waals surface area contributed by atoms with Crippen molar-refractivity contribution in [1.82, 2.24) is 14.8 Å². The van der Waals surface area contributed by atoms with Crippen LogP contribution < -0.4 is 4.74 Å². The minimum Gasteiger partial charge on any atom is -0.492 e. The van der Waals surface area contributed by atoms with Crippen LogP contribution in [0.5, 0.6) is 5.75 Å².